The van der Waals surface area contributed by atoms with Crippen LogP contribution in [-0.2, 0) is 0 Å². The Morgan fingerprint density at radius 3 is 1.60 bits per heavy atom. The molecular formula is C27H16BBr7F2N4O2. The highest BCUT2D eigenvalue weighted by Gasteiger charge is 2.16. The number of phenols is 1. The number of aromatic hydroxyl groups is 1. The Morgan fingerprint density at radius 2 is 1.14 bits per heavy atom. The van der Waals surface area contributed by atoms with E-state index in [9.17, 15) is 13.9 Å². The van der Waals surface area contributed by atoms with Crippen molar-refractivity contribution in [2.45, 2.75) is 0 Å². The lowest BCUT2D eigenvalue weighted by molar-refractivity contribution is 0.418. The van der Waals surface area contributed by atoms with Crippen LogP contribution in [0.15, 0.2) is 90.9 Å². The van der Waals surface area contributed by atoms with Crippen LogP contribution in [0.4, 0.5) is 8.78 Å². The van der Waals surface area contributed by atoms with E-state index < -0.39 is 5.82 Å². The van der Waals surface area contributed by atoms with Gasteiger partial charge in [0.1, 0.15) is 45.5 Å². The van der Waals surface area contributed by atoms with Crippen molar-refractivity contribution < 1.29 is 18.6 Å². The standard InChI is InChI=1S/C14H9Br2FN2O.C13H7Br2FN2O.BBr3/c1-20-13-5-3-10(16)9-7-18-19(14(9)13)12-4-2-8(15)6-11(12)17;14-7-1-3-11(10(16)5-7)18-13-8(6-17-18)9(15)2-4-12(13)19;2-1(3)4/h2-7H,1H3;1-6,19H;. The van der Waals surface area contributed by atoms with Crippen LogP contribution in [0.25, 0.3) is 33.2 Å². The van der Waals surface area contributed by atoms with Gasteiger partial charge < -0.3 is 9.84 Å². The molecule has 16 heteroatoms. The maximum Gasteiger partial charge on any atom is 0.369 e. The third kappa shape index (κ3) is 8.11. The molecule has 0 saturated heterocycles. The summed E-state index contributed by atoms with van der Waals surface area (Å²) in [6.07, 6.45) is 3.27. The summed E-state index contributed by atoms with van der Waals surface area (Å²) >= 11 is 22.6. The Kier molecular flexibility index (Phi) is 12.3. The van der Waals surface area contributed by atoms with Gasteiger partial charge in [0.05, 0.1) is 19.5 Å². The molecule has 0 bridgehead atoms. The molecule has 0 unspecified atom stereocenters. The Morgan fingerprint density at radius 1 is 0.698 bits per heavy atom. The summed E-state index contributed by atoms with van der Waals surface area (Å²) in [5.74, 6) is -0.0776. The molecule has 43 heavy (non-hydrogen) atoms. The van der Waals surface area contributed by atoms with Crippen LogP contribution in [0.1, 0.15) is 0 Å². The molecule has 2 heterocycles. The summed E-state index contributed by atoms with van der Waals surface area (Å²) in [5.41, 5.74) is 1.85. The van der Waals surface area contributed by atoms with E-state index in [1.165, 1.54) is 16.8 Å². The molecule has 0 radical (unpaired) electrons. The Hall–Kier alpha value is -1.30. The highest BCUT2D eigenvalue weighted by Crippen LogP contribution is 2.35. The quantitative estimate of drug-likeness (QED) is 0.179. The minimum Gasteiger partial charge on any atom is -0.506 e. The maximum absolute atomic E-state index is 14.1. The van der Waals surface area contributed by atoms with Gasteiger partial charge in [-0.15, -0.1) is 47.3 Å². The number of fused-ring (bicyclic) bond motifs is 2. The number of hydrogen-bond acceptors (Lipinski definition) is 4. The topological polar surface area (TPSA) is 65.1 Å². The molecule has 6 rings (SSSR count). The van der Waals surface area contributed by atoms with Gasteiger partial charge in [-0.3, -0.25) is 0 Å². The third-order valence-corrected chi connectivity index (χ3v) is 8.16. The normalized spacial score (nSPS) is 10.7. The number of ether oxygens (including phenoxy) is 1. The average molecular weight is 1040 g/mol. The van der Waals surface area contributed by atoms with Gasteiger partial charge in [0.25, 0.3) is 0 Å². The van der Waals surface area contributed by atoms with Crippen LogP contribution in [0.5, 0.6) is 11.5 Å². The zero-order valence-corrected chi connectivity index (χ0v) is 32.7. The van der Waals surface area contributed by atoms with E-state index in [2.05, 4.69) is 121 Å². The SMILES string of the molecule is BrB(Br)Br.COc1ccc(Br)c2cnn(-c3ccc(Br)cc3F)c12.Oc1ccc(Br)c2cnn(-c3ccc(Br)cc3F)c12. The molecule has 6 aromatic rings. The van der Waals surface area contributed by atoms with Gasteiger partial charge in [0, 0.05) is 28.7 Å². The van der Waals surface area contributed by atoms with Crippen molar-refractivity contribution in [3.05, 3.63) is 103 Å². The number of hydrogen-bond donors (Lipinski definition) is 1. The molecule has 0 saturated carbocycles. The monoisotopic (exact) mass is 1030 g/mol. The van der Waals surface area contributed by atoms with Crippen LogP contribution >= 0.6 is 111 Å². The molecule has 6 nitrogen and oxygen atoms in total. The van der Waals surface area contributed by atoms with Gasteiger partial charge >= 0.3 is 3.18 Å². The fourth-order valence-corrected chi connectivity index (χ4v) is 5.52. The van der Waals surface area contributed by atoms with Crippen LogP contribution < -0.4 is 4.74 Å². The number of methoxy groups -OCH3 is 1. The highest BCUT2D eigenvalue weighted by molar-refractivity contribution is 9.69. The highest BCUT2D eigenvalue weighted by atomic mass is 79.9. The van der Waals surface area contributed by atoms with Gasteiger partial charge in [0.2, 0.25) is 0 Å². The summed E-state index contributed by atoms with van der Waals surface area (Å²) in [6.45, 7) is 0. The molecule has 0 aliphatic heterocycles. The molecule has 0 amide bonds. The lowest BCUT2D eigenvalue weighted by Gasteiger charge is -2.09. The molecule has 222 valence electrons. The second-order valence-electron chi connectivity index (χ2n) is 8.39. The minimum absolute atomic E-state index is 0.0537. The zero-order valence-electron chi connectivity index (χ0n) is 21.6. The van der Waals surface area contributed by atoms with Crippen LogP contribution in [-0.4, -0.2) is 35.0 Å². The fraction of sp³-hybridized carbons (Fsp3) is 0.0370. The fourth-order valence-electron chi connectivity index (χ4n) is 4.00. The van der Waals surface area contributed by atoms with Crippen molar-refractivity contribution in [1.82, 2.24) is 19.6 Å². The number of benzene rings is 4. The summed E-state index contributed by atoms with van der Waals surface area (Å²) in [7, 11) is 1.58. The van der Waals surface area contributed by atoms with Gasteiger partial charge in [-0.2, -0.15) is 10.2 Å². The smallest absolute Gasteiger partial charge is 0.369 e. The predicted octanol–water partition coefficient (Wildman–Crippen LogP) is 11.2. The van der Waals surface area contributed by atoms with Gasteiger partial charge in [-0.05, 0) is 60.7 Å². The maximum atomic E-state index is 14.1. The van der Waals surface area contributed by atoms with Crippen LogP contribution in [0.3, 0.4) is 0 Å². The number of phenolic OH excluding ortho intramolecular Hbond substituents is 1. The van der Waals surface area contributed by atoms with E-state index in [0.717, 1.165) is 25.2 Å². The molecular weight excluding hydrogens is 1020 g/mol. The molecule has 0 fully saturated rings. The van der Waals surface area contributed by atoms with Crippen LogP contribution in [0.2, 0.25) is 0 Å². The van der Waals surface area contributed by atoms with Crippen molar-refractivity contribution in [3.8, 4) is 22.9 Å². The first-order chi connectivity index (χ1) is 20.4. The molecule has 0 aliphatic rings. The third-order valence-electron chi connectivity index (χ3n) is 5.79. The molecule has 0 atom stereocenters. The molecule has 2 aromatic heterocycles. The van der Waals surface area contributed by atoms with Gasteiger partial charge in [-0.1, -0.05) is 63.7 Å². The van der Waals surface area contributed by atoms with E-state index in [-0.39, 0.29) is 20.4 Å². The number of rotatable bonds is 3. The summed E-state index contributed by atoms with van der Waals surface area (Å²) < 4.78 is 39.7. The van der Waals surface area contributed by atoms with Gasteiger partial charge in [0.15, 0.2) is 0 Å². The van der Waals surface area contributed by atoms with E-state index in [4.69, 9.17) is 4.74 Å². The summed E-state index contributed by atoms with van der Waals surface area (Å²) in [5, 5.41) is 20.0. The van der Waals surface area contributed by atoms with Crippen molar-refractivity contribution in [2.24, 2.45) is 0 Å². The summed E-state index contributed by atoms with van der Waals surface area (Å²) in [6, 6.07) is 16.5. The number of halogens is 9. The summed E-state index contributed by atoms with van der Waals surface area (Å²) in [4.78, 5) is 0. The van der Waals surface area contributed by atoms with E-state index in [1.54, 1.807) is 60.6 Å². The lowest BCUT2D eigenvalue weighted by atomic mass is 10.2. The first-order valence-corrected chi connectivity index (χ1v) is 17.7. The minimum atomic E-state index is -0.418. The van der Waals surface area contributed by atoms with Gasteiger partial charge in [-0.25, -0.2) is 18.1 Å². The second-order valence-corrected chi connectivity index (χ2v) is 18.4. The Bertz CT molecular complexity index is 1920. The van der Waals surface area contributed by atoms with Crippen molar-refractivity contribution in [3.63, 3.8) is 0 Å². The number of nitrogens with zero attached hydrogens (tertiary/aromatic N) is 4. The van der Waals surface area contributed by atoms with E-state index in [0.29, 0.717) is 25.9 Å². The first-order valence-electron chi connectivity index (χ1n) is 11.8. The van der Waals surface area contributed by atoms with Crippen molar-refractivity contribution in [1.29, 1.82) is 0 Å². The molecule has 0 spiro atoms. The first kappa shape index (κ1) is 34.6. The van der Waals surface area contributed by atoms with E-state index in [1.807, 2.05) is 12.1 Å². The largest absolute Gasteiger partial charge is 0.506 e. The Balaban J connectivity index is 0.000000176. The van der Waals surface area contributed by atoms with Crippen LogP contribution in [0, 0.1) is 11.6 Å². The van der Waals surface area contributed by atoms with E-state index >= 15 is 0 Å². The second kappa shape index (κ2) is 15.3. The van der Waals surface area contributed by atoms with Crippen molar-refractivity contribution >= 4 is 136 Å². The molecule has 1 N–H and O–H groups in total. The zero-order chi connectivity index (χ0) is 31.4. The number of aromatic nitrogens is 4. The average Bonchev–Trinajstić information content (AvgIpc) is 3.58. The molecule has 4 aromatic carbocycles. The lowest BCUT2D eigenvalue weighted by Crippen LogP contribution is -2.00. The molecule has 0 aliphatic carbocycles. The predicted molar refractivity (Wildman–Crippen MR) is 194 cm³/mol. The Labute approximate surface area is 303 Å². The van der Waals surface area contributed by atoms with Crippen molar-refractivity contribution in [2.75, 3.05) is 7.11 Å².